The van der Waals surface area contributed by atoms with Crippen LogP contribution in [0.25, 0.3) is 0 Å². The van der Waals surface area contributed by atoms with Crippen LogP contribution in [-0.4, -0.2) is 13.2 Å². The molecule has 1 aliphatic heterocycles. The van der Waals surface area contributed by atoms with E-state index in [9.17, 15) is 4.57 Å². The van der Waals surface area contributed by atoms with Crippen LogP contribution in [0.4, 0.5) is 0 Å². The molecule has 3 aliphatic rings. The molecule has 0 spiro atoms. The first kappa shape index (κ1) is 13.7. The zero-order valence-corrected chi connectivity index (χ0v) is 12.7. The smallest absolute Gasteiger partial charge is 0.287 e. The molecule has 0 radical (unpaired) electrons. The zero-order valence-electron chi connectivity index (χ0n) is 11.8. The summed E-state index contributed by atoms with van der Waals surface area (Å²) < 4.78 is 29.2. The number of rotatable bonds is 3. The fourth-order valence-electron chi connectivity index (χ4n) is 3.72. The molecule has 2 fully saturated rings. The summed E-state index contributed by atoms with van der Waals surface area (Å²) in [5.74, 6) is 1.97. The molecule has 4 nitrogen and oxygen atoms in total. The van der Waals surface area contributed by atoms with Gasteiger partial charge in [0.1, 0.15) is 0 Å². The Morgan fingerprint density at radius 2 is 1.67 bits per heavy atom. The molecule has 5 atom stereocenters. The van der Waals surface area contributed by atoms with E-state index in [1.807, 2.05) is 30.3 Å². The highest BCUT2D eigenvalue weighted by molar-refractivity contribution is 7.48. The molecule has 1 saturated carbocycles. The van der Waals surface area contributed by atoms with Crippen molar-refractivity contribution in [1.29, 1.82) is 0 Å². The van der Waals surface area contributed by atoms with E-state index >= 15 is 0 Å². The number of phosphoric acid groups is 1. The van der Waals surface area contributed by atoms with Crippen molar-refractivity contribution < 1.29 is 18.1 Å². The van der Waals surface area contributed by atoms with E-state index in [0.29, 0.717) is 36.9 Å². The molecule has 0 N–H and O–H groups in total. The summed E-state index contributed by atoms with van der Waals surface area (Å²) in [7, 11) is -3.43. The molecule has 1 aromatic rings. The molecule has 1 aromatic carbocycles. The molecule has 112 valence electrons. The Bertz CT molecular complexity index is 559. The fraction of sp³-hybridized carbons (Fsp3) is 0.500. The highest BCUT2D eigenvalue weighted by Gasteiger charge is 2.48. The largest absolute Gasteiger partial charge is 0.475 e. The van der Waals surface area contributed by atoms with Gasteiger partial charge >= 0.3 is 7.82 Å². The van der Waals surface area contributed by atoms with Crippen molar-refractivity contribution in [2.45, 2.75) is 13.0 Å². The van der Waals surface area contributed by atoms with Crippen molar-refractivity contribution in [1.82, 2.24) is 0 Å². The molecule has 2 bridgehead atoms. The lowest BCUT2D eigenvalue weighted by molar-refractivity contribution is 0.118. The monoisotopic (exact) mass is 306 g/mol. The van der Waals surface area contributed by atoms with Crippen LogP contribution in [0.15, 0.2) is 42.5 Å². The van der Waals surface area contributed by atoms with Gasteiger partial charge in [-0.1, -0.05) is 42.5 Å². The third kappa shape index (κ3) is 2.62. The Morgan fingerprint density at radius 3 is 2.29 bits per heavy atom. The average Bonchev–Trinajstić information content (AvgIpc) is 3.07. The summed E-state index contributed by atoms with van der Waals surface area (Å²) in [4.78, 5) is 0. The molecular formula is C16H19O4P. The molecule has 21 heavy (non-hydrogen) atoms. The van der Waals surface area contributed by atoms with Crippen molar-refractivity contribution in [3.63, 3.8) is 0 Å². The van der Waals surface area contributed by atoms with Crippen LogP contribution < -0.4 is 0 Å². The first-order valence-corrected chi connectivity index (χ1v) is 8.95. The molecule has 4 rings (SSSR count). The van der Waals surface area contributed by atoms with E-state index < -0.39 is 7.82 Å². The molecule has 5 heteroatoms. The number of phosphoric ester groups is 1. The van der Waals surface area contributed by atoms with E-state index in [0.717, 1.165) is 5.56 Å². The van der Waals surface area contributed by atoms with Crippen molar-refractivity contribution in [3.05, 3.63) is 48.0 Å². The summed E-state index contributed by atoms with van der Waals surface area (Å²) in [6, 6.07) is 9.66. The van der Waals surface area contributed by atoms with Crippen molar-refractivity contribution in [3.8, 4) is 0 Å². The Morgan fingerprint density at radius 1 is 1.05 bits per heavy atom. The second-order valence-electron chi connectivity index (χ2n) is 6.07. The quantitative estimate of drug-likeness (QED) is 0.629. The first-order valence-electron chi connectivity index (χ1n) is 7.49. The number of benzene rings is 1. The third-order valence-corrected chi connectivity index (χ3v) is 6.26. The van der Waals surface area contributed by atoms with E-state index in [1.165, 1.54) is 6.42 Å². The lowest BCUT2D eigenvalue weighted by Crippen LogP contribution is -2.24. The Kier molecular flexibility index (Phi) is 3.50. The minimum Gasteiger partial charge on any atom is -0.287 e. The van der Waals surface area contributed by atoms with Gasteiger partial charge in [-0.05, 0) is 35.7 Å². The van der Waals surface area contributed by atoms with Crippen LogP contribution in [0.3, 0.4) is 0 Å². The van der Waals surface area contributed by atoms with Gasteiger partial charge in [0.2, 0.25) is 0 Å². The Labute approximate surface area is 124 Å². The van der Waals surface area contributed by atoms with Gasteiger partial charge in [-0.3, -0.25) is 13.6 Å². The van der Waals surface area contributed by atoms with Gasteiger partial charge in [-0.2, -0.15) is 0 Å². The molecular weight excluding hydrogens is 287 g/mol. The van der Waals surface area contributed by atoms with E-state index in [4.69, 9.17) is 13.6 Å². The van der Waals surface area contributed by atoms with Crippen molar-refractivity contribution in [2.75, 3.05) is 13.2 Å². The van der Waals surface area contributed by atoms with Gasteiger partial charge in [-0.25, -0.2) is 4.57 Å². The van der Waals surface area contributed by atoms with Crippen LogP contribution in [0, 0.1) is 23.7 Å². The minimum absolute atomic E-state index is 0.249. The SMILES string of the molecule is O=P1(OCc2ccccc2)OC[C@H]2[C@@H]3C=CC(C3)[C@H]2CO1. The lowest BCUT2D eigenvalue weighted by Gasteiger charge is -2.23. The minimum atomic E-state index is -3.43. The molecule has 2 aliphatic carbocycles. The number of fused-ring (bicyclic) bond motifs is 5. The second-order valence-corrected chi connectivity index (χ2v) is 7.74. The van der Waals surface area contributed by atoms with E-state index in [-0.39, 0.29) is 6.61 Å². The standard InChI is InChI=1S/C16H19O4P/c17-21(18-9-12-4-2-1-3-5-12)19-10-15-13-6-7-14(8-13)16(15)11-20-21/h1-7,13-16H,8-11H2/t13-,14?,15+,16-,21?/m1/s1. The summed E-state index contributed by atoms with van der Waals surface area (Å²) in [5, 5.41) is 0. The van der Waals surface area contributed by atoms with Crippen molar-refractivity contribution in [2.24, 2.45) is 23.7 Å². The molecule has 0 amide bonds. The Balaban J connectivity index is 1.41. The maximum absolute atomic E-state index is 12.6. The second kappa shape index (κ2) is 5.36. The Hall–Kier alpha value is -0.930. The molecule has 0 aromatic heterocycles. The van der Waals surface area contributed by atoms with Gasteiger partial charge in [0.15, 0.2) is 0 Å². The summed E-state index contributed by atoms with van der Waals surface area (Å²) in [6.45, 7) is 1.20. The van der Waals surface area contributed by atoms with Crippen LogP contribution >= 0.6 is 7.82 Å². The van der Waals surface area contributed by atoms with Crippen LogP contribution in [0.5, 0.6) is 0 Å². The van der Waals surface area contributed by atoms with E-state index in [1.54, 1.807) is 0 Å². The predicted octanol–water partition coefficient (Wildman–Crippen LogP) is 3.80. The highest BCUT2D eigenvalue weighted by atomic mass is 31.2. The molecule has 1 heterocycles. The number of hydrogen-bond acceptors (Lipinski definition) is 4. The predicted molar refractivity (Wildman–Crippen MR) is 78.5 cm³/mol. The fourth-order valence-corrected chi connectivity index (χ4v) is 4.96. The van der Waals surface area contributed by atoms with Crippen LogP contribution in [0.2, 0.25) is 0 Å². The first-order chi connectivity index (χ1) is 10.2. The van der Waals surface area contributed by atoms with Gasteiger partial charge < -0.3 is 0 Å². The summed E-state index contributed by atoms with van der Waals surface area (Å²) in [5.41, 5.74) is 0.964. The van der Waals surface area contributed by atoms with Gasteiger partial charge in [0.25, 0.3) is 0 Å². The highest BCUT2D eigenvalue weighted by Crippen LogP contribution is 2.58. The topological polar surface area (TPSA) is 44.8 Å². The maximum Gasteiger partial charge on any atom is 0.475 e. The molecule has 1 saturated heterocycles. The summed E-state index contributed by atoms with van der Waals surface area (Å²) in [6.07, 6.45) is 5.74. The summed E-state index contributed by atoms with van der Waals surface area (Å²) >= 11 is 0. The number of hydrogen-bond donors (Lipinski definition) is 0. The lowest BCUT2D eigenvalue weighted by atomic mass is 9.84. The molecule has 2 unspecified atom stereocenters. The van der Waals surface area contributed by atoms with Crippen molar-refractivity contribution >= 4 is 7.82 Å². The van der Waals surface area contributed by atoms with Crippen LogP contribution in [-0.2, 0) is 24.7 Å². The normalized spacial score (nSPS) is 41.0. The average molecular weight is 306 g/mol. The van der Waals surface area contributed by atoms with Gasteiger partial charge in [-0.15, -0.1) is 0 Å². The zero-order chi connectivity index (χ0) is 14.3. The van der Waals surface area contributed by atoms with E-state index in [2.05, 4.69) is 12.2 Å². The van der Waals surface area contributed by atoms with Gasteiger partial charge in [0.05, 0.1) is 19.8 Å². The van der Waals surface area contributed by atoms with Gasteiger partial charge in [0, 0.05) is 0 Å². The third-order valence-electron chi connectivity index (χ3n) is 4.88. The van der Waals surface area contributed by atoms with Crippen LogP contribution in [0.1, 0.15) is 12.0 Å². The number of allylic oxidation sites excluding steroid dienone is 2. The maximum atomic E-state index is 12.6.